The van der Waals surface area contributed by atoms with Gasteiger partial charge in [0, 0.05) is 31.7 Å². The summed E-state index contributed by atoms with van der Waals surface area (Å²) in [4.78, 5) is 32.4. The van der Waals surface area contributed by atoms with E-state index in [1.165, 1.54) is 30.6 Å². The van der Waals surface area contributed by atoms with E-state index in [0.29, 0.717) is 5.82 Å². The Balaban J connectivity index is 2.04. The van der Waals surface area contributed by atoms with Crippen molar-refractivity contribution in [3.8, 4) is 5.82 Å². The molecule has 148 valence electrons. The van der Waals surface area contributed by atoms with E-state index in [9.17, 15) is 14.0 Å². The summed E-state index contributed by atoms with van der Waals surface area (Å²) in [5, 5.41) is 15.9. The molecule has 6 N–H and O–H groups in total. The number of amides is 1. The number of carbonyl (C=O) groups excluding carboxylic acids is 1. The fourth-order valence-electron chi connectivity index (χ4n) is 2.51. The van der Waals surface area contributed by atoms with Crippen LogP contribution in [-0.2, 0) is 4.79 Å². The standard InChI is InChI=1S/C18H17FN8O2/c1-22-13-8-14(26-16(25-13)10(9-20)15(21)28)24-12-5-3-7-27(18(12)29)17-11(19)4-2-6-23-17/h2-9,20,22,25H,1H3,(H2,21,28)(H,24,26)/b16-10-,20-9?. The number of anilines is 1. The van der Waals surface area contributed by atoms with Crippen LogP contribution in [0.1, 0.15) is 0 Å². The van der Waals surface area contributed by atoms with Crippen molar-refractivity contribution >= 4 is 23.6 Å². The zero-order valence-electron chi connectivity index (χ0n) is 15.2. The Labute approximate surface area is 164 Å². The average Bonchev–Trinajstić information content (AvgIpc) is 2.70. The molecular weight excluding hydrogens is 379 g/mol. The SMILES string of the molecule is CNC1=CC(Nc2cccn(-c3ncccc3F)c2=O)=N/C(=C(/C=N)C(N)=O)N1. The topological polar surface area (TPSA) is 150 Å². The Kier molecular flexibility index (Phi) is 5.49. The fourth-order valence-corrected chi connectivity index (χ4v) is 2.51. The predicted octanol–water partition coefficient (Wildman–Crippen LogP) is 0.192. The van der Waals surface area contributed by atoms with Crippen molar-refractivity contribution < 1.29 is 9.18 Å². The maximum atomic E-state index is 14.0. The highest BCUT2D eigenvalue weighted by molar-refractivity contribution is 6.12. The molecule has 0 aliphatic carbocycles. The van der Waals surface area contributed by atoms with E-state index in [2.05, 4.69) is 25.9 Å². The molecule has 0 spiro atoms. The molecule has 2 aromatic heterocycles. The summed E-state index contributed by atoms with van der Waals surface area (Å²) in [5.74, 6) is -0.944. The van der Waals surface area contributed by atoms with Gasteiger partial charge in [-0.1, -0.05) is 0 Å². The largest absolute Gasteiger partial charge is 0.375 e. The molecular formula is C18H17FN8O2. The number of halogens is 1. The fraction of sp³-hybridized carbons (Fsp3) is 0.0556. The predicted molar refractivity (Wildman–Crippen MR) is 106 cm³/mol. The van der Waals surface area contributed by atoms with Crippen LogP contribution in [0.4, 0.5) is 10.1 Å². The molecule has 0 fully saturated rings. The first-order valence-corrected chi connectivity index (χ1v) is 8.34. The minimum atomic E-state index is -0.837. The maximum absolute atomic E-state index is 14.0. The first-order valence-electron chi connectivity index (χ1n) is 8.34. The molecule has 1 aliphatic heterocycles. The number of nitrogens with two attached hydrogens (primary N) is 1. The van der Waals surface area contributed by atoms with Crippen molar-refractivity contribution in [1.29, 1.82) is 5.41 Å². The first kappa shape index (κ1) is 19.5. The molecule has 11 heteroatoms. The molecule has 0 radical (unpaired) electrons. The summed E-state index contributed by atoms with van der Waals surface area (Å²) in [6.07, 6.45) is 5.10. The van der Waals surface area contributed by atoms with Crippen LogP contribution in [0.15, 0.2) is 69.7 Å². The van der Waals surface area contributed by atoms with Gasteiger partial charge in [0.25, 0.3) is 11.5 Å². The molecule has 0 atom stereocenters. The minimum Gasteiger partial charge on any atom is -0.375 e. The number of aromatic nitrogens is 2. The Hall–Kier alpha value is -4.28. The van der Waals surface area contributed by atoms with E-state index in [-0.39, 0.29) is 28.7 Å². The lowest BCUT2D eigenvalue weighted by Gasteiger charge is -2.19. The van der Waals surface area contributed by atoms with Gasteiger partial charge < -0.3 is 27.1 Å². The van der Waals surface area contributed by atoms with Gasteiger partial charge in [0.1, 0.15) is 23.2 Å². The Bertz CT molecular complexity index is 1130. The van der Waals surface area contributed by atoms with E-state index in [4.69, 9.17) is 11.1 Å². The van der Waals surface area contributed by atoms with E-state index >= 15 is 0 Å². The summed E-state index contributed by atoms with van der Waals surface area (Å²) >= 11 is 0. The number of hydrogen-bond acceptors (Lipinski definition) is 8. The number of pyridine rings is 2. The van der Waals surface area contributed by atoms with Crippen LogP contribution in [0.3, 0.4) is 0 Å². The molecule has 10 nitrogen and oxygen atoms in total. The third-order valence-corrected chi connectivity index (χ3v) is 3.88. The van der Waals surface area contributed by atoms with Gasteiger partial charge in [-0.15, -0.1) is 0 Å². The van der Waals surface area contributed by atoms with Gasteiger partial charge in [-0.2, -0.15) is 0 Å². The molecule has 0 saturated heterocycles. The molecule has 1 aliphatic rings. The van der Waals surface area contributed by atoms with Crippen LogP contribution in [0.2, 0.25) is 0 Å². The van der Waals surface area contributed by atoms with Gasteiger partial charge in [0.2, 0.25) is 0 Å². The molecule has 0 unspecified atom stereocenters. The molecule has 29 heavy (non-hydrogen) atoms. The van der Waals surface area contributed by atoms with Crippen molar-refractivity contribution in [2.24, 2.45) is 10.7 Å². The highest BCUT2D eigenvalue weighted by atomic mass is 19.1. The number of rotatable bonds is 5. The normalized spacial score (nSPS) is 14.8. The summed E-state index contributed by atoms with van der Waals surface area (Å²) in [5.41, 5.74) is 4.67. The summed E-state index contributed by atoms with van der Waals surface area (Å²) in [7, 11) is 1.63. The number of nitrogens with one attached hydrogen (secondary N) is 4. The highest BCUT2D eigenvalue weighted by Gasteiger charge is 2.17. The third-order valence-electron chi connectivity index (χ3n) is 3.88. The lowest BCUT2D eigenvalue weighted by Crippen LogP contribution is -2.33. The number of primary amides is 1. The number of aliphatic imine (C=N–C) groups is 1. The molecule has 0 aromatic carbocycles. The van der Waals surface area contributed by atoms with Crippen LogP contribution >= 0.6 is 0 Å². The summed E-state index contributed by atoms with van der Waals surface area (Å²) in [6.45, 7) is 0. The number of amidine groups is 1. The molecule has 3 rings (SSSR count). The highest BCUT2D eigenvalue weighted by Crippen LogP contribution is 2.12. The zero-order valence-corrected chi connectivity index (χ0v) is 15.2. The van der Waals surface area contributed by atoms with Crippen LogP contribution in [0, 0.1) is 11.2 Å². The molecule has 2 aromatic rings. The van der Waals surface area contributed by atoms with E-state index < -0.39 is 17.3 Å². The summed E-state index contributed by atoms with van der Waals surface area (Å²) < 4.78 is 15.1. The smallest absolute Gasteiger partial charge is 0.280 e. The van der Waals surface area contributed by atoms with Crippen LogP contribution in [0.25, 0.3) is 5.82 Å². The second kappa shape index (κ2) is 8.17. The van der Waals surface area contributed by atoms with Gasteiger partial charge >= 0.3 is 0 Å². The number of hydrogen-bond donors (Lipinski definition) is 5. The van der Waals surface area contributed by atoms with Crippen LogP contribution in [0.5, 0.6) is 0 Å². The average molecular weight is 396 g/mol. The Morgan fingerprint density at radius 3 is 2.83 bits per heavy atom. The van der Waals surface area contributed by atoms with Gasteiger partial charge in [-0.05, 0) is 24.3 Å². The van der Waals surface area contributed by atoms with Crippen LogP contribution < -0.4 is 27.2 Å². The molecule has 0 saturated carbocycles. The lowest BCUT2D eigenvalue weighted by atomic mass is 10.2. The van der Waals surface area contributed by atoms with Gasteiger partial charge in [0.05, 0.1) is 5.57 Å². The van der Waals surface area contributed by atoms with Crippen molar-refractivity contribution in [2.45, 2.75) is 0 Å². The maximum Gasteiger partial charge on any atom is 0.280 e. The first-order chi connectivity index (χ1) is 13.9. The third kappa shape index (κ3) is 4.03. The second-order valence-electron chi connectivity index (χ2n) is 5.73. The van der Waals surface area contributed by atoms with Gasteiger partial charge in [0.15, 0.2) is 11.6 Å². The quantitative estimate of drug-likeness (QED) is 0.360. The summed E-state index contributed by atoms with van der Waals surface area (Å²) in [6, 6.07) is 5.66. The van der Waals surface area contributed by atoms with Crippen molar-refractivity contribution in [2.75, 3.05) is 12.4 Å². The van der Waals surface area contributed by atoms with Crippen molar-refractivity contribution in [1.82, 2.24) is 20.2 Å². The van der Waals surface area contributed by atoms with Gasteiger partial charge in [-0.25, -0.2) is 14.4 Å². The van der Waals surface area contributed by atoms with Crippen molar-refractivity contribution in [3.63, 3.8) is 0 Å². The second-order valence-corrected chi connectivity index (χ2v) is 5.73. The van der Waals surface area contributed by atoms with E-state index in [1.54, 1.807) is 19.2 Å². The Morgan fingerprint density at radius 1 is 1.38 bits per heavy atom. The van der Waals surface area contributed by atoms with E-state index in [1.807, 2.05) is 0 Å². The number of nitrogens with zero attached hydrogens (tertiary/aromatic N) is 3. The van der Waals surface area contributed by atoms with Gasteiger partial charge in [-0.3, -0.25) is 14.2 Å². The Morgan fingerprint density at radius 2 is 2.17 bits per heavy atom. The van der Waals surface area contributed by atoms with Crippen molar-refractivity contribution in [3.05, 3.63) is 76.1 Å². The molecule has 3 heterocycles. The molecule has 0 bridgehead atoms. The minimum absolute atomic E-state index is 0.0360. The number of carbonyl (C=O) groups is 1. The van der Waals surface area contributed by atoms with Crippen LogP contribution in [-0.4, -0.2) is 34.6 Å². The lowest BCUT2D eigenvalue weighted by molar-refractivity contribution is -0.114. The zero-order chi connectivity index (χ0) is 21.0. The monoisotopic (exact) mass is 396 g/mol. The van der Waals surface area contributed by atoms with E-state index in [0.717, 1.165) is 10.8 Å². The molecule has 1 amide bonds.